The number of amides is 2. The van der Waals surface area contributed by atoms with Crippen LogP contribution in [0.25, 0.3) is 22.3 Å². The molecule has 308 valence electrons. The Morgan fingerprint density at radius 3 is 1.31 bits per heavy atom. The topological polar surface area (TPSA) is 104 Å². The van der Waals surface area contributed by atoms with Crippen LogP contribution in [0.3, 0.4) is 0 Å². The molecule has 0 spiro atoms. The molecule has 2 amide bonds. The predicted octanol–water partition coefficient (Wildman–Crippen LogP) is 12.3. The first-order valence-electron chi connectivity index (χ1n) is 16.5. The van der Waals surface area contributed by atoms with E-state index in [-0.39, 0.29) is 39.4 Å². The van der Waals surface area contributed by atoms with Crippen LogP contribution in [-0.2, 0) is 24.7 Å². The molecule has 59 heavy (non-hydrogen) atoms. The van der Waals surface area contributed by atoms with Crippen LogP contribution in [0.4, 0.5) is 64.1 Å². The minimum Gasteiger partial charge on any atom is -0.507 e. The van der Waals surface area contributed by atoms with Crippen LogP contribution in [0.2, 0.25) is 0 Å². The summed E-state index contributed by atoms with van der Waals surface area (Å²) >= 11 is 0. The summed E-state index contributed by atoms with van der Waals surface area (Å²) in [6.07, 6.45) is -18.1. The number of carbonyl (C=O) groups is 2. The Balaban J connectivity index is 0.000000224. The summed E-state index contributed by atoms with van der Waals surface area (Å²) in [6, 6.07) is 18.0. The van der Waals surface area contributed by atoms with E-state index in [2.05, 4.69) is 20.3 Å². The van der Waals surface area contributed by atoms with Crippen LogP contribution in [0.1, 0.15) is 48.7 Å². The van der Waals surface area contributed by atoms with Crippen molar-refractivity contribution in [2.75, 3.05) is 10.6 Å². The SMILES string of the molecule is Cc1nocc1C(=O)Nc1ccc(-c2cc(C(F)(F)F)ccc2C(F)(F)F)cc1.O=C(Nc1ccc(-c2cc(C(F)(F)F)ccc2C(F)(F)F)cc1)c1ccccc1O. The fourth-order valence-corrected chi connectivity index (χ4v) is 5.45. The maximum Gasteiger partial charge on any atom is 0.417 e. The van der Waals surface area contributed by atoms with Gasteiger partial charge in [-0.2, -0.15) is 52.7 Å². The Morgan fingerprint density at radius 2 is 0.949 bits per heavy atom. The van der Waals surface area contributed by atoms with Gasteiger partial charge in [-0.25, -0.2) is 0 Å². The van der Waals surface area contributed by atoms with Crippen molar-refractivity contribution in [1.29, 1.82) is 0 Å². The third-order valence-electron chi connectivity index (χ3n) is 8.36. The molecule has 0 atom stereocenters. The fourth-order valence-electron chi connectivity index (χ4n) is 5.45. The molecule has 0 aliphatic rings. The molecule has 6 aromatic rings. The lowest BCUT2D eigenvalue weighted by Crippen LogP contribution is -2.12. The molecular formula is C40H25F12N3O4. The number of aryl methyl sites for hydroxylation is 1. The summed E-state index contributed by atoms with van der Waals surface area (Å²) in [5.74, 6) is -1.46. The van der Waals surface area contributed by atoms with Crippen molar-refractivity contribution in [3.05, 3.63) is 155 Å². The number of hydrogen-bond donors (Lipinski definition) is 3. The zero-order valence-corrected chi connectivity index (χ0v) is 29.6. The molecule has 7 nitrogen and oxygen atoms in total. The number of nitrogens with zero attached hydrogens (tertiary/aromatic N) is 1. The molecule has 0 saturated heterocycles. The lowest BCUT2D eigenvalue weighted by Gasteiger charge is -2.16. The van der Waals surface area contributed by atoms with E-state index in [0.29, 0.717) is 42.1 Å². The predicted molar refractivity (Wildman–Crippen MR) is 189 cm³/mol. The van der Waals surface area contributed by atoms with Gasteiger partial charge in [-0.1, -0.05) is 41.6 Å². The summed E-state index contributed by atoms with van der Waals surface area (Å²) in [5, 5.41) is 18.2. The van der Waals surface area contributed by atoms with E-state index < -0.39 is 69.9 Å². The Morgan fingerprint density at radius 1 is 0.542 bits per heavy atom. The first kappa shape index (κ1) is 43.3. The van der Waals surface area contributed by atoms with Gasteiger partial charge in [0.2, 0.25) is 0 Å². The maximum absolute atomic E-state index is 13.3. The molecule has 19 heteroatoms. The number of carbonyl (C=O) groups excluding carboxylic acids is 2. The summed E-state index contributed by atoms with van der Waals surface area (Å²) in [6.45, 7) is 1.55. The largest absolute Gasteiger partial charge is 0.507 e. The number of aromatic hydroxyl groups is 1. The van der Waals surface area contributed by atoms with Crippen molar-refractivity contribution in [2.45, 2.75) is 31.6 Å². The molecule has 3 N–H and O–H groups in total. The molecule has 0 bridgehead atoms. The second-order valence-corrected chi connectivity index (χ2v) is 12.4. The molecule has 0 fully saturated rings. The Kier molecular flexibility index (Phi) is 12.2. The molecule has 6 rings (SSSR count). The number of hydrogen-bond acceptors (Lipinski definition) is 5. The highest BCUT2D eigenvalue weighted by Crippen LogP contribution is 2.42. The average molecular weight is 840 g/mol. The van der Waals surface area contributed by atoms with Crippen LogP contribution in [-0.4, -0.2) is 22.1 Å². The first-order chi connectivity index (χ1) is 27.4. The molecule has 0 aliphatic heterocycles. The smallest absolute Gasteiger partial charge is 0.417 e. The van der Waals surface area contributed by atoms with E-state index in [1.165, 1.54) is 72.8 Å². The highest BCUT2D eigenvalue weighted by Gasteiger charge is 2.38. The molecule has 0 unspecified atom stereocenters. The monoisotopic (exact) mass is 839 g/mol. The number of nitrogens with one attached hydrogen (secondary N) is 2. The normalized spacial score (nSPS) is 12.0. The van der Waals surface area contributed by atoms with Gasteiger partial charge in [-0.3, -0.25) is 9.59 Å². The van der Waals surface area contributed by atoms with Gasteiger partial charge < -0.3 is 20.3 Å². The summed E-state index contributed by atoms with van der Waals surface area (Å²) in [7, 11) is 0. The Hall–Kier alpha value is -6.79. The van der Waals surface area contributed by atoms with Crippen LogP contribution in [0.5, 0.6) is 5.75 Å². The number of halogens is 12. The van der Waals surface area contributed by atoms with Gasteiger partial charge >= 0.3 is 24.7 Å². The number of phenols is 1. The number of rotatable bonds is 6. The van der Waals surface area contributed by atoms with E-state index in [1.54, 1.807) is 6.92 Å². The van der Waals surface area contributed by atoms with Crippen molar-refractivity contribution in [3.63, 3.8) is 0 Å². The maximum atomic E-state index is 13.3. The molecular weight excluding hydrogens is 814 g/mol. The Labute approximate surface area is 324 Å². The summed E-state index contributed by atoms with van der Waals surface area (Å²) < 4.78 is 162. The highest BCUT2D eigenvalue weighted by atomic mass is 19.4. The zero-order valence-electron chi connectivity index (χ0n) is 29.6. The number of alkyl halides is 12. The third-order valence-corrected chi connectivity index (χ3v) is 8.36. The number of benzene rings is 5. The molecule has 0 saturated carbocycles. The molecule has 1 heterocycles. The van der Waals surface area contributed by atoms with Crippen molar-refractivity contribution < 1.29 is 71.9 Å². The van der Waals surface area contributed by atoms with Gasteiger partial charge in [-0.05, 0) is 102 Å². The van der Waals surface area contributed by atoms with Gasteiger partial charge in [0.15, 0.2) is 0 Å². The van der Waals surface area contributed by atoms with Crippen molar-refractivity contribution in [3.8, 4) is 28.0 Å². The van der Waals surface area contributed by atoms with E-state index >= 15 is 0 Å². The van der Waals surface area contributed by atoms with Crippen LogP contribution >= 0.6 is 0 Å². The van der Waals surface area contributed by atoms with Gasteiger partial charge in [0.05, 0.1) is 33.5 Å². The second-order valence-electron chi connectivity index (χ2n) is 12.4. The van der Waals surface area contributed by atoms with Crippen LogP contribution < -0.4 is 10.6 Å². The van der Waals surface area contributed by atoms with Gasteiger partial charge in [0.25, 0.3) is 11.8 Å². The minimum absolute atomic E-state index is 0.0150. The molecule has 1 aromatic heterocycles. The van der Waals surface area contributed by atoms with E-state index in [1.807, 2.05) is 0 Å². The molecule has 0 aliphatic carbocycles. The van der Waals surface area contributed by atoms with Crippen molar-refractivity contribution in [1.82, 2.24) is 5.16 Å². The standard InChI is InChI=1S/C21H13F6NO2.C19H12F6N2O2/c22-20(23,24)13-7-10-17(21(25,26)27)16(11-13)12-5-8-14(9-6-12)28-19(30)15-3-1-2-4-18(15)29;1-10-15(9-29-27-10)17(28)26-13-5-2-11(3-6-13)14-8-12(18(20,21)22)4-7-16(14)19(23,24)25/h1-11,29H,(H,28,30);2-9H,1H3,(H,26,28). The fraction of sp³-hybridized carbons (Fsp3) is 0.125. The van der Waals surface area contributed by atoms with E-state index in [4.69, 9.17) is 0 Å². The van der Waals surface area contributed by atoms with E-state index in [0.717, 1.165) is 6.26 Å². The lowest BCUT2D eigenvalue weighted by molar-refractivity contribution is -0.141. The van der Waals surface area contributed by atoms with Crippen molar-refractivity contribution in [2.24, 2.45) is 0 Å². The van der Waals surface area contributed by atoms with Crippen molar-refractivity contribution >= 4 is 23.2 Å². The average Bonchev–Trinajstić information content (AvgIpc) is 3.60. The second kappa shape index (κ2) is 16.6. The molecule has 0 radical (unpaired) electrons. The summed E-state index contributed by atoms with van der Waals surface area (Å²) in [5.41, 5.74) is -5.30. The highest BCUT2D eigenvalue weighted by molar-refractivity contribution is 6.06. The molecule has 5 aromatic carbocycles. The lowest BCUT2D eigenvalue weighted by atomic mass is 9.96. The number of phenolic OH excluding ortho intramolecular Hbond substituents is 1. The summed E-state index contributed by atoms with van der Waals surface area (Å²) in [4.78, 5) is 24.3. The quantitative estimate of drug-likeness (QED) is 0.145. The van der Waals surface area contributed by atoms with Gasteiger partial charge in [-0.15, -0.1) is 0 Å². The van der Waals surface area contributed by atoms with E-state index in [9.17, 15) is 67.4 Å². The van der Waals surface area contributed by atoms with Gasteiger partial charge in [0, 0.05) is 11.4 Å². The number of para-hydroxylation sites is 1. The van der Waals surface area contributed by atoms with Crippen LogP contribution in [0, 0.1) is 6.92 Å². The number of aromatic nitrogens is 1. The first-order valence-corrected chi connectivity index (χ1v) is 16.5. The third kappa shape index (κ3) is 10.6. The minimum atomic E-state index is -4.85. The Bertz CT molecular complexity index is 2450. The van der Waals surface area contributed by atoms with Crippen LogP contribution in [0.15, 0.2) is 120 Å². The number of anilines is 2. The van der Waals surface area contributed by atoms with Gasteiger partial charge in [0.1, 0.15) is 17.6 Å². The zero-order chi connectivity index (χ0) is 43.5.